The van der Waals surface area contributed by atoms with E-state index in [9.17, 15) is 4.79 Å². The highest BCUT2D eigenvalue weighted by atomic mass is 16.5. The van der Waals surface area contributed by atoms with Gasteiger partial charge in [0, 0.05) is 25.7 Å². The van der Waals surface area contributed by atoms with Crippen molar-refractivity contribution in [2.75, 3.05) is 13.1 Å². The predicted octanol–water partition coefficient (Wildman–Crippen LogP) is 1.68. The van der Waals surface area contributed by atoms with Crippen LogP contribution < -0.4 is 0 Å². The molecule has 0 radical (unpaired) electrons. The number of fused-ring (bicyclic) bond motifs is 1. The van der Waals surface area contributed by atoms with Crippen molar-refractivity contribution in [3.8, 4) is 11.5 Å². The van der Waals surface area contributed by atoms with Crippen molar-refractivity contribution in [3.63, 3.8) is 0 Å². The Hall–Kier alpha value is -3.01. The number of hydrogen-bond acceptors (Lipinski definition) is 7. The fraction of sp³-hybridized carbons (Fsp3) is 0.438. The average molecular weight is 358 g/mol. The average Bonchev–Trinajstić information content (AvgIpc) is 3.27. The first kappa shape index (κ1) is 16.5. The van der Waals surface area contributed by atoms with E-state index >= 15 is 0 Å². The number of hydrogen-bond donors (Lipinski definition) is 1. The lowest BCUT2D eigenvalue weighted by atomic mass is 10.1. The number of carbonyl (C=O) groups is 1. The van der Waals surface area contributed by atoms with Gasteiger partial charge in [-0.25, -0.2) is 9.48 Å². The molecule has 0 aliphatic carbocycles. The van der Waals surface area contributed by atoms with Gasteiger partial charge in [-0.2, -0.15) is 4.98 Å². The number of rotatable bonds is 4. The summed E-state index contributed by atoms with van der Waals surface area (Å²) < 4.78 is 12.8. The van der Waals surface area contributed by atoms with Crippen LogP contribution in [-0.2, 0) is 18.4 Å². The molecular formula is C16H18N6O4. The summed E-state index contributed by atoms with van der Waals surface area (Å²) in [4.78, 5) is 16.7. The van der Waals surface area contributed by atoms with E-state index in [-0.39, 0.29) is 12.7 Å². The number of carboxylic acid groups (broad SMARTS) is 1. The molecule has 1 aliphatic heterocycles. The van der Waals surface area contributed by atoms with Crippen molar-refractivity contribution >= 4 is 17.1 Å². The van der Waals surface area contributed by atoms with Crippen LogP contribution in [0, 0.1) is 0 Å². The summed E-state index contributed by atoms with van der Waals surface area (Å²) in [5.74, 6) is 0.858. The molecule has 1 aliphatic rings. The molecule has 0 bridgehead atoms. The zero-order valence-electron chi connectivity index (χ0n) is 14.2. The second-order valence-corrected chi connectivity index (χ2v) is 6.21. The van der Waals surface area contributed by atoms with Crippen LogP contribution in [0.2, 0.25) is 0 Å². The molecule has 10 heteroatoms. The minimum absolute atomic E-state index is 0.00323. The molecule has 4 rings (SSSR count). The van der Waals surface area contributed by atoms with Crippen LogP contribution in [0.3, 0.4) is 0 Å². The lowest BCUT2D eigenvalue weighted by Crippen LogP contribution is -2.40. The Kier molecular flexibility index (Phi) is 4.25. The molecule has 0 unspecified atom stereocenters. The summed E-state index contributed by atoms with van der Waals surface area (Å²) in [7, 11) is 1.83. The van der Waals surface area contributed by atoms with Gasteiger partial charge >= 0.3 is 6.09 Å². The molecule has 1 N–H and O–H groups in total. The van der Waals surface area contributed by atoms with Gasteiger partial charge in [-0.3, -0.25) is 0 Å². The van der Waals surface area contributed by atoms with E-state index in [4.69, 9.17) is 14.4 Å². The Morgan fingerprint density at radius 2 is 2.19 bits per heavy atom. The molecule has 3 heterocycles. The minimum Gasteiger partial charge on any atom is -0.465 e. The summed E-state index contributed by atoms with van der Waals surface area (Å²) >= 11 is 0. The normalized spacial score (nSPS) is 15.7. The zero-order valence-corrected chi connectivity index (χ0v) is 14.2. The topological polar surface area (TPSA) is 119 Å². The molecule has 26 heavy (non-hydrogen) atoms. The third-order valence-electron chi connectivity index (χ3n) is 4.49. The third-order valence-corrected chi connectivity index (χ3v) is 4.49. The van der Waals surface area contributed by atoms with Crippen LogP contribution in [0.5, 0.6) is 0 Å². The summed E-state index contributed by atoms with van der Waals surface area (Å²) in [6.07, 6.45) is 0.454. The third kappa shape index (κ3) is 3.23. The molecule has 1 fully saturated rings. The first-order valence-electron chi connectivity index (χ1n) is 8.32. The van der Waals surface area contributed by atoms with Gasteiger partial charge in [-0.1, -0.05) is 10.4 Å². The Labute approximate surface area is 148 Å². The summed E-state index contributed by atoms with van der Waals surface area (Å²) in [5.41, 5.74) is 2.45. The molecule has 10 nitrogen and oxygen atoms in total. The van der Waals surface area contributed by atoms with E-state index in [1.165, 1.54) is 4.90 Å². The zero-order chi connectivity index (χ0) is 18.1. The molecular weight excluding hydrogens is 340 g/mol. The van der Waals surface area contributed by atoms with E-state index in [0.717, 1.165) is 16.6 Å². The van der Waals surface area contributed by atoms with Crippen LogP contribution in [0.25, 0.3) is 22.5 Å². The SMILES string of the molecule is Cn1nnc2cc(-c3nc(COC4CCN(C(=O)O)CC4)no3)ccc21. The van der Waals surface area contributed by atoms with Gasteiger partial charge < -0.3 is 19.3 Å². The number of amides is 1. The largest absolute Gasteiger partial charge is 0.465 e. The smallest absolute Gasteiger partial charge is 0.407 e. The van der Waals surface area contributed by atoms with Crippen LogP contribution in [0.1, 0.15) is 18.7 Å². The van der Waals surface area contributed by atoms with E-state index in [1.807, 2.05) is 25.2 Å². The molecule has 3 aromatic rings. The second kappa shape index (κ2) is 6.71. The minimum atomic E-state index is -0.883. The van der Waals surface area contributed by atoms with Crippen molar-refractivity contribution in [1.29, 1.82) is 0 Å². The molecule has 0 atom stereocenters. The maximum absolute atomic E-state index is 10.9. The van der Waals surface area contributed by atoms with Gasteiger partial charge in [0.05, 0.1) is 11.6 Å². The number of nitrogens with zero attached hydrogens (tertiary/aromatic N) is 6. The van der Waals surface area contributed by atoms with Crippen molar-refractivity contribution < 1.29 is 19.2 Å². The van der Waals surface area contributed by atoms with Crippen LogP contribution >= 0.6 is 0 Å². The van der Waals surface area contributed by atoms with Gasteiger partial charge in [0.1, 0.15) is 12.1 Å². The second-order valence-electron chi connectivity index (χ2n) is 6.21. The van der Waals surface area contributed by atoms with E-state index in [2.05, 4.69) is 20.5 Å². The van der Waals surface area contributed by atoms with Crippen molar-refractivity contribution in [3.05, 3.63) is 24.0 Å². The summed E-state index contributed by atoms with van der Waals surface area (Å²) in [5, 5.41) is 21.0. The van der Waals surface area contributed by atoms with Crippen molar-refractivity contribution in [1.82, 2.24) is 30.0 Å². The van der Waals surface area contributed by atoms with Gasteiger partial charge in [0.2, 0.25) is 0 Å². The molecule has 1 amide bonds. The van der Waals surface area contributed by atoms with Crippen molar-refractivity contribution in [2.24, 2.45) is 7.05 Å². The Morgan fingerprint density at radius 3 is 2.96 bits per heavy atom. The summed E-state index contributed by atoms with van der Waals surface area (Å²) in [6.45, 7) is 1.19. The van der Waals surface area contributed by atoms with Gasteiger partial charge in [-0.05, 0) is 31.0 Å². The van der Waals surface area contributed by atoms with E-state index in [1.54, 1.807) is 4.68 Å². The number of benzene rings is 1. The van der Waals surface area contributed by atoms with Gasteiger partial charge in [0.25, 0.3) is 5.89 Å². The Balaban J connectivity index is 1.38. The summed E-state index contributed by atoms with van der Waals surface area (Å²) in [6, 6.07) is 5.63. The molecule has 0 saturated carbocycles. The predicted molar refractivity (Wildman–Crippen MR) is 89.2 cm³/mol. The van der Waals surface area contributed by atoms with Crippen LogP contribution in [-0.4, -0.2) is 60.4 Å². The van der Waals surface area contributed by atoms with E-state index < -0.39 is 6.09 Å². The first-order valence-corrected chi connectivity index (χ1v) is 8.32. The Morgan fingerprint density at radius 1 is 1.38 bits per heavy atom. The number of aromatic nitrogens is 5. The highest BCUT2D eigenvalue weighted by molar-refractivity contribution is 5.79. The maximum Gasteiger partial charge on any atom is 0.407 e. The number of likely N-dealkylation sites (tertiary alicyclic amines) is 1. The fourth-order valence-electron chi connectivity index (χ4n) is 3.01. The lowest BCUT2D eigenvalue weighted by Gasteiger charge is -2.29. The van der Waals surface area contributed by atoms with Gasteiger partial charge in [0.15, 0.2) is 5.82 Å². The Bertz CT molecular complexity index is 928. The molecule has 2 aromatic heterocycles. The highest BCUT2D eigenvalue weighted by Crippen LogP contribution is 2.22. The van der Waals surface area contributed by atoms with E-state index in [0.29, 0.717) is 37.6 Å². The maximum atomic E-state index is 10.9. The number of piperidine rings is 1. The van der Waals surface area contributed by atoms with Crippen molar-refractivity contribution in [2.45, 2.75) is 25.6 Å². The molecule has 1 aromatic carbocycles. The van der Waals surface area contributed by atoms with Gasteiger partial charge in [-0.15, -0.1) is 5.10 Å². The molecule has 1 saturated heterocycles. The highest BCUT2D eigenvalue weighted by Gasteiger charge is 2.23. The number of aryl methyl sites for hydroxylation is 1. The fourth-order valence-corrected chi connectivity index (χ4v) is 3.01. The first-order chi connectivity index (χ1) is 12.6. The quantitative estimate of drug-likeness (QED) is 0.748. The van der Waals surface area contributed by atoms with Crippen LogP contribution in [0.4, 0.5) is 4.79 Å². The lowest BCUT2D eigenvalue weighted by molar-refractivity contribution is -0.00294. The monoisotopic (exact) mass is 358 g/mol. The number of ether oxygens (including phenoxy) is 1. The molecule has 136 valence electrons. The standard InChI is InChI=1S/C16H18N6O4/c1-21-13-3-2-10(8-12(13)18-20-21)15-17-14(19-26-15)9-25-11-4-6-22(7-5-11)16(23)24/h2-3,8,11H,4-7,9H2,1H3,(H,23,24). The van der Waals surface area contributed by atoms with Crippen LogP contribution in [0.15, 0.2) is 22.7 Å². The molecule has 0 spiro atoms.